The largest absolute Gasteiger partial charge is 0.496 e. The molecule has 2 aromatic carbocycles. The van der Waals surface area contributed by atoms with Crippen molar-refractivity contribution in [2.24, 2.45) is 10.8 Å². The quantitative estimate of drug-likeness (QED) is 0.329. The number of nitrogens with one attached hydrogen (secondary N) is 2. The second-order valence-electron chi connectivity index (χ2n) is 8.79. The number of ether oxygens (including phenoxy) is 1. The summed E-state index contributed by atoms with van der Waals surface area (Å²) in [4.78, 5) is 48.8. The van der Waals surface area contributed by atoms with Crippen LogP contribution in [0.15, 0.2) is 41.5 Å². The van der Waals surface area contributed by atoms with Crippen molar-refractivity contribution >= 4 is 29.8 Å². The molecule has 35 heavy (non-hydrogen) atoms. The fourth-order valence-electron chi connectivity index (χ4n) is 3.38. The Balaban J connectivity index is 2.37. The number of hydrazone groups is 1. The van der Waals surface area contributed by atoms with Gasteiger partial charge < -0.3 is 10.5 Å². The molecule has 0 saturated carbocycles. The van der Waals surface area contributed by atoms with E-state index in [1.54, 1.807) is 71.2 Å². The molecule has 0 aliphatic carbocycles. The highest BCUT2D eigenvalue weighted by atomic mass is 16.5. The molecule has 0 atom stereocenters. The Morgan fingerprint density at radius 3 is 2.40 bits per heavy atom. The summed E-state index contributed by atoms with van der Waals surface area (Å²) in [5, 5.41) is 4.97. The van der Waals surface area contributed by atoms with Gasteiger partial charge in [0.2, 0.25) is 0 Å². The number of amides is 4. The number of hydrogen-bond donors (Lipinski definition) is 3. The zero-order valence-corrected chi connectivity index (χ0v) is 20.8. The minimum Gasteiger partial charge on any atom is -0.496 e. The third kappa shape index (κ3) is 6.89. The average molecular weight is 482 g/mol. The smallest absolute Gasteiger partial charge is 0.329 e. The maximum absolute atomic E-state index is 13.5. The SMILES string of the molecule is CCc1c(OC)cccc1C(=O)NN(C(=O)c1cc(C)cc(C=NNC(=O)C(N)=O)c1)C(C)(C)C. The summed E-state index contributed by atoms with van der Waals surface area (Å²) in [5.74, 6) is -2.50. The van der Waals surface area contributed by atoms with Crippen LogP contribution in [0.1, 0.15) is 65.1 Å². The first-order chi connectivity index (χ1) is 16.4. The summed E-state index contributed by atoms with van der Waals surface area (Å²) in [6, 6.07) is 10.2. The Bertz CT molecular complexity index is 1170. The minimum atomic E-state index is -1.17. The molecule has 10 heteroatoms. The average Bonchev–Trinajstić information content (AvgIpc) is 2.79. The number of hydrogen-bond acceptors (Lipinski definition) is 6. The van der Waals surface area contributed by atoms with Crippen molar-refractivity contribution in [3.8, 4) is 5.75 Å². The van der Waals surface area contributed by atoms with Crippen LogP contribution in [-0.4, -0.2) is 47.5 Å². The van der Waals surface area contributed by atoms with Gasteiger partial charge in [-0.2, -0.15) is 5.10 Å². The van der Waals surface area contributed by atoms with Gasteiger partial charge in [-0.25, -0.2) is 10.4 Å². The summed E-state index contributed by atoms with van der Waals surface area (Å²) in [7, 11) is 1.54. The highest BCUT2D eigenvalue weighted by Crippen LogP contribution is 2.24. The van der Waals surface area contributed by atoms with E-state index >= 15 is 0 Å². The maximum Gasteiger partial charge on any atom is 0.329 e. The van der Waals surface area contributed by atoms with Crippen LogP contribution in [0.3, 0.4) is 0 Å². The minimum absolute atomic E-state index is 0.296. The number of carbonyl (C=O) groups excluding carboxylic acids is 4. The molecule has 0 radical (unpaired) electrons. The van der Waals surface area contributed by atoms with Crippen LogP contribution in [0.4, 0.5) is 0 Å². The lowest BCUT2D eigenvalue weighted by Crippen LogP contribution is -2.56. The predicted molar refractivity (Wildman–Crippen MR) is 132 cm³/mol. The number of rotatable bonds is 6. The van der Waals surface area contributed by atoms with E-state index in [4.69, 9.17) is 10.5 Å². The molecule has 0 unspecified atom stereocenters. The lowest BCUT2D eigenvalue weighted by Gasteiger charge is -2.35. The van der Waals surface area contributed by atoms with Crippen molar-refractivity contribution in [2.75, 3.05) is 7.11 Å². The molecule has 0 heterocycles. The molecule has 0 saturated heterocycles. The van der Waals surface area contributed by atoms with Gasteiger partial charge in [-0.05, 0) is 69.5 Å². The summed E-state index contributed by atoms with van der Waals surface area (Å²) >= 11 is 0. The number of aryl methyl sites for hydroxylation is 1. The Kier molecular flexibility index (Phi) is 8.71. The van der Waals surface area contributed by atoms with E-state index in [1.165, 1.54) is 11.2 Å². The molecule has 4 N–H and O–H groups in total. The van der Waals surface area contributed by atoms with Crippen LogP contribution in [0.5, 0.6) is 5.75 Å². The third-order valence-corrected chi connectivity index (χ3v) is 4.99. The first kappa shape index (κ1) is 27.0. The summed E-state index contributed by atoms with van der Waals surface area (Å²) in [6.45, 7) is 9.11. The molecule has 0 aliphatic rings. The maximum atomic E-state index is 13.5. The van der Waals surface area contributed by atoms with Gasteiger partial charge in [0.1, 0.15) is 5.75 Å². The second-order valence-corrected chi connectivity index (χ2v) is 8.79. The van der Waals surface area contributed by atoms with E-state index in [-0.39, 0.29) is 0 Å². The normalized spacial score (nSPS) is 11.1. The van der Waals surface area contributed by atoms with Crippen molar-refractivity contribution in [2.45, 2.75) is 46.6 Å². The van der Waals surface area contributed by atoms with Crippen LogP contribution < -0.4 is 21.3 Å². The number of methoxy groups -OCH3 is 1. The molecule has 2 rings (SSSR count). The van der Waals surface area contributed by atoms with E-state index in [9.17, 15) is 19.2 Å². The van der Waals surface area contributed by atoms with E-state index in [2.05, 4.69) is 10.5 Å². The number of nitrogens with two attached hydrogens (primary N) is 1. The number of benzene rings is 2. The molecule has 4 amide bonds. The van der Waals surface area contributed by atoms with Gasteiger partial charge in [0.25, 0.3) is 11.8 Å². The number of carbonyl (C=O) groups is 4. The van der Waals surface area contributed by atoms with Crippen molar-refractivity contribution in [1.82, 2.24) is 15.9 Å². The van der Waals surface area contributed by atoms with Crippen molar-refractivity contribution in [3.63, 3.8) is 0 Å². The van der Waals surface area contributed by atoms with Crippen LogP contribution in [-0.2, 0) is 16.0 Å². The van der Waals surface area contributed by atoms with Gasteiger partial charge in [-0.1, -0.05) is 19.1 Å². The molecule has 0 fully saturated rings. The van der Waals surface area contributed by atoms with Crippen LogP contribution >= 0.6 is 0 Å². The summed E-state index contributed by atoms with van der Waals surface area (Å²) < 4.78 is 5.38. The van der Waals surface area contributed by atoms with Gasteiger partial charge in [0, 0.05) is 16.7 Å². The zero-order chi connectivity index (χ0) is 26.3. The molecule has 0 aromatic heterocycles. The summed E-state index contributed by atoms with van der Waals surface area (Å²) in [5.41, 5.74) is 11.6. The Hall–Kier alpha value is -4.21. The predicted octanol–water partition coefficient (Wildman–Crippen LogP) is 2.09. The lowest BCUT2D eigenvalue weighted by atomic mass is 10.0. The molecular formula is C25H31N5O5. The Labute approximate surface area is 204 Å². The van der Waals surface area contributed by atoms with Crippen LogP contribution in [0.25, 0.3) is 0 Å². The molecule has 0 spiro atoms. The monoisotopic (exact) mass is 481 g/mol. The fourth-order valence-corrected chi connectivity index (χ4v) is 3.38. The first-order valence-corrected chi connectivity index (χ1v) is 10.9. The van der Waals surface area contributed by atoms with Gasteiger partial charge in [-0.15, -0.1) is 0 Å². The van der Waals surface area contributed by atoms with E-state index in [0.717, 1.165) is 11.1 Å². The highest BCUT2D eigenvalue weighted by molar-refractivity contribution is 6.34. The molecule has 2 aromatic rings. The Morgan fingerprint density at radius 1 is 1.14 bits per heavy atom. The van der Waals surface area contributed by atoms with Gasteiger partial charge in [0.15, 0.2) is 0 Å². The zero-order valence-electron chi connectivity index (χ0n) is 20.8. The lowest BCUT2D eigenvalue weighted by molar-refractivity contribution is -0.137. The van der Waals surface area contributed by atoms with E-state index in [0.29, 0.717) is 28.9 Å². The van der Waals surface area contributed by atoms with Crippen molar-refractivity contribution in [1.29, 1.82) is 0 Å². The molecule has 0 aliphatic heterocycles. The second kappa shape index (κ2) is 11.3. The number of primary amides is 1. The van der Waals surface area contributed by atoms with Crippen LogP contribution in [0, 0.1) is 6.92 Å². The van der Waals surface area contributed by atoms with Gasteiger partial charge >= 0.3 is 11.8 Å². The number of nitrogens with zero attached hydrogens (tertiary/aromatic N) is 2. The standard InChI is InChI=1S/C25H31N5O5/c1-7-18-19(9-8-10-20(18)35-6)22(32)29-30(25(3,4)5)24(34)17-12-15(2)11-16(13-17)14-27-28-23(33)21(26)31/h8-14H,7H2,1-6H3,(H2,26,31)(H,28,33)(H,29,32). The third-order valence-electron chi connectivity index (χ3n) is 4.99. The topological polar surface area (TPSA) is 143 Å². The number of hydrazine groups is 1. The van der Waals surface area contributed by atoms with E-state index in [1.807, 2.05) is 12.3 Å². The van der Waals surface area contributed by atoms with E-state index < -0.39 is 29.2 Å². The fraction of sp³-hybridized carbons (Fsp3) is 0.320. The molecular weight excluding hydrogens is 450 g/mol. The Morgan fingerprint density at radius 2 is 1.83 bits per heavy atom. The van der Waals surface area contributed by atoms with Crippen LogP contribution in [0.2, 0.25) is 0 Å². The van der Waals surface area contributed by atoms with Crippen molar-refractivity contribution in [3.05, 3.63) is 64.2 Å². The first-order valence-electron chi connectivity index (χ1n) is 10.9. The summed E-state index contributed by atoms with van der Waals surface area (Å²) in [6.07, 6.45) is 1.86. The molecule has 0 bridgehead atoms. The van der Waals surface area contributed by atoms with Crippen molar-refractivity contribution < 1.29 is 23.9 Å². The molecule has 10 nitrogen and oxygen atoms in total. The van der Waals surface area contributed by atoms with Gasteiger partial charge in [0.05, 0.1) is 18.9 Å². The molecule has 186 valence electrons. The van der Waals surface area contributed by atoms with Gasteiger partial charge in [-0.3, -0.25) is 24.6 Å². The highest BCUT2D eigenvalue weighted by Gasteiger charge is 2.30.